The van der Waals surface area contributed by atoms with Crippen molar-refractivity contribution in [2.75, 3.05) is 11.5 Å². The molecule has 0 spiro atoms. The molecule has 0 radical (unpaired) electrons. The minimum atomic E-state index is 0.146. The summed E-state index contributed by atoms with van der Waals surface area (Å²) >= 11 is 2.60. The van der Waals surface area contributed by atoms with Gasteiger partial charge in [0.25, 0.3) is 0 Å². The summed E-state index contributed by atoms with van der Waals surface area (Å²) in [6.45, 7) is 0. The van der Waals surface area contributed by atoms with E-state index in [9.17, 15) is 15.4 Å². The van der Waals surface area contributed by atoms with Crippen LogP contribution >= 0.6 is 23.5 Å². The summed E-state index contributed by atoms with van der Waals surface area (Å²) in [7, 11) is 0. The van der Waals surface area contributed by atoms with Crippen LogP contribution in [0.4, 0.5) is 0 Å². The van der Waals surface area contributed by atoms with Crippen molar-refractivity contribution >= 4 is 29.2 Å². The van der Waals surface area contributed by atoms with E-state index in [0.29, 0.717) is 38.9 Å². The molecule has 0 amide bonds. The smallest absolute Gasteiger partial charge is 0.214 e. The maximum atomic E-state index is 9.43. The van der Waals surface area contributed by atoms with E-state index in [1.165, 1.54) is 32.9 Å². The van der Waals surface area contributed by atoms with E-state index in [-0.39, 0.29) is 11.5 Å². The van der Waals surface area contributed by atoms with Crippen LogP contribution in [0.25, 0.3) is 11.4 Å². The molecule has 0 saturated carbocycles. The fourth-order valence-corrected chi connectivity index (χ4v) is 4.20. The van der Waals surface area contributed by atoms with Crippen LogP contribution in [0.3, 0.4) is 0 Å². The summed E-state index contributed by atoms with van der Waals surface area (Å²) in [5.41, 5.74) is 1.86. The fraction of sp³-hybridized carbons (Fsp3) is 0.118. The van der Waals surface area contributed by atoms with Gasteiger partial charge in [-0.15, -0.1) is 10.2 Å². The molecule has 4 rings (SSSR count). The van der Waals surface area contributed by atoms with E-state index < -0.39 is 0 Å². The maximum absolute atomic E-state index is 9.43. The van der Waals surface area contributed by atoms with Crippen molar-refractivity contribution in [3.8, 4) is 22.9 Å². The molecule has 4 aromatic rings. The van der Waals surface area contributed by atoms with Crippen LogP contribution < -0.4 is 0 Å². The van der Waals surface area contributed by atoms with Crippen LogP contribution in [0.5, 0.6) is 11.5 Å². The Hall–Kier alpha value is -3.65. The van der Waals surface area contributed by atoms with Crippen molar-refractivity contribution in [2.45, 2.75) is 10.3 Å². The molecule has 0 aliphatic rings. The number of aromatic hydroxyl groups is 2. The monoisotopic (exact) mass is 457 g/mol. The summed E-state index contributed by atoms with van der Waals surface area (Å²) in [5, 5.41) is 55.9. The Bertz CT molecular complexity index is 1090. The Morgan fingerprint density at radius 3 is 1.55 bits per heavy atom. The number of nitrogens with zero attached hydrogens (tertiary/aromatic N) is 9. The highest BCUT2D eigenvalue weighted by atomic mass is 32.2. The quantitative estimate of drug-likeness (QED) is 0.153. The maximum Gasteiger partial charge on any atom is 0.214 e. The van der Waals surface area contributed by atoms with Crippen molar-refractivity contribution in [1.82, 2.24) is 40.4 Å². The molecule has 0 fully saturated rings. The highest BCUT2D eigenvalue weighted by Gasteiger charge is 2.14. The Morgan fingerprint density at radius 2 is 1.16 bits per heavy atom. The molecule has 2 aromatic heterocycles. The summed E-state index contributed by atoms with van der Waals surface area (Å²) in [5.74, 6) is 0.964. The van der Waals surface area contributed by atoms with Gasteiger partial charge in [0.15, 0.2) is 0 Å². The van der Waals surface area contributed by atoms with Gasteiger partial charge in [-0.3, -0.25) is 0 Å². The van der Waals surface area contributed by atoms with Crippen molar-refractivity contribution in [1.29, 1.82) is 0 Å². The molecule has 0 aliphatic carbocycles. The zero-order chi connectivity index (χ0) is 21.6. The number of rotatable bonds is 8. The SMILES string of the molecule is ON=C(CSc1nnnn1-c1ccc(O)cc1)CSc1nnnn1-c1ccc(O)cc1. The highest BCUT2D eigenvalue weighted by Crippen LogP contribution is 2.23. The van der Waals surface area contributed by atoms with Crippen molar-refractivity contribution < 1.29 is 15.4 Å². The van der Waals surface area contributed by atoms with E-state index >= 15 is 0 Å². The second-order valence-electron chi connectivity index (χ2n) is 6.02. The van der Waals surface area contributed by atoms with E-state index in [2.05, 4.69) is 36.2 Å². The Kier molecular flexibility index (Phi) is 6.28. The molecule has 158 valence electrons. The zero-order valence-corrected chi connectivity index (χ0v) is 17.3. The average molecular weight is 458 g/mol. The third kappa shape index (κ3) is 4.92. The number of phenolic OH excluding ortho intramolecular Hbond substituents is 2. The predicted octanol–water partition coefficient (Wildman–Crippen LogP) is 1.76. The predicted molar refractivity (Wildman–Crippen MR) is 112 cm³/mol. The van der Waals surface area contributed by atoms with Gasteiger partial charge in [-0.1, -0.05) is 28.7 Å². The summed E-state index contributed by atoms with van der Waals surface area (Å²) < 4.78 is 3.05. The summed E-state index contributed by atoms with van der Waals surface area (Å²) in [6, 6.07) is 12.9. The molecule has 0 aliphatic heterocycles. The standard InChI is InChI=1S/C17H15N9O3S2/c27-14-5-1-12(2-6-14)25-16(18-21-23-25)30-9-11(20-29)10-31-17-19-22-24-26(17)13-3-7-15(28)8-4-13/h1-8,27-29H,9-10H2. The van der Waals surface area contributed by atoms with Crippen molar-refractivity contribution in [3.63, 3.8) is 0 Å². The highest BCUT2D eigenvalue weighted by molar-refractivity contribution is 8.01. The lowest BCUT2D eigenvalue weighted by molar-refractivity contribution is 0.318. The van der Waals surface area contributed by atoms with Crippen LogP contribution in [-0.4, -0.2) is 73.1 Å². The van der Waals surface area contributed by atoms with Crippen LogP contribution in [-0.2, 0) is 0 Å². The number of thioether (sulfide) groups is 2. The second kappa shape index (κ2) is 9.44. The lowest BCUT2D eigenvalue weighted by Crippen LogP contribution is -2.09. The summed E-state index contributed by atoms with van der Waals surface area (Å²) in [6.07, 6.45) is 0. The first-order valence-electron chi connectivity index (χ1n) is 8.75. The number of tetrazole rings is 2. The number of phenols is 2. The molecular weight excluding hydrogens is 442 g/mol. The average Bonchev–Trinajstić information content (AvgIpc) is 3.45. The Morgan fingerprint density at radius 1 is 0.742 bits per heavy atom. The lowest BCUT2D eigenvalue weighted by Gasteiger charge is -2.06. The van der Waals surface area contributed by atoms with Crippen LogP contribution in [0, 0.1) is 0 Å². The van der Waals surface area contributed by atoms with Gasteiger partial charge < -0.3 is 15.4 Å². The zero-order valence-electron chi connectivity index (χ0n) is 15.7. The van der Waals surface area contributed by atoms with Gasteiger partial charge >= 0.3 is 0 Å². The molecular formula is C17H15N9O3S2. The molecule has 0 bridgehead atoms. The van der Waals surface area contributed by atoms with E-state index in [1.807, 2.05) is 0 Å². The first-order valence-corrected chi connectivity index (χ1v) is 10.7. The van der Waals surface area contributed by atoms with Gasteiger partial charge in [-0.05, 0) is 69.4 Å². The van der Waals surface area contributed by atoms with Gasteiger partial charge in [0.2, 0.25) is 10.3 Å². The molecule has 3 N–H and O–H groups in total. The van der Waals surface area contributed by atoms with Gasteiger partial charge in [-0.2, -0.15) is 9.36 Å². The number of hydrogen-bond acceptors (Lipinski definition) is 12. The van der Waals surface area contributed by atoms with Crippen LogP contribution in [0.15, 0.2) is 64.0 Å². The fourth-order valence-electron chi connectivity index (χ4n) is 2.44. The third-order valence-electron chi connectivity index (χ3n) is 3.95. The largest absolute Gasteiger partial charge is 0.508 e. The van der Waals surface area contributed by atoms with Gasteiger partial charge in [0.1, 0.15) is 11.5 Å². The number of hydrogen-bond donors (Lipinski definition) is 3. The van der Waals surface area contributed by atoms with Crippen LogP contribution in [0.2, 0.25) is 0 Å². The van der Waals surface area contributed by atoms with E-state index in [4.69, 9.17) is 0 Å². The number of benzene rings is 2. The van der Waals surface area contributed by atoms with Gasteiger partial charge in [0.05, 0.1) is 17.1 Å². The molecule has 12 nitrogen and oxygen atoms in total. The van der Waals surface area contributed by atoms with Gasteiger partial charge in [-0.25, -0.2) is 0 Å². The Balaban J connectivity index is 1.39. The lowest BCUT2D eigenvalue weighted by atomic mass is 10.3. The minimum Gasteiger partial charge on any atom is -0.508 e. The molecule has 2 heterocycles. The van der Waals surface area contributed by atoms with Crippen molar-refractivity contribution in [3.05, 3.63) is 48.5 Å². The number of aromatic nitrogens is 8. The van der Waals surface area contributed by atoms with E-state index in [1.54, 1.807) is 48.5 Å². The first-order chi connectivity index (χ1) is 15.1. The molecule has 0 unspecified atom stereocenters. The van der Waals surface area contributed by atoms with Gasteiger partial charge in [0, 0.05) is 11.5 Å². The molecule has 31 heavy (non-hydrogen) atoms. The Labute approximate surface area is 183 Å². The van der Waals surface area contributed by atoms with Crippen molar-refractivity contribution in [2.24, 2.45) is 5.16 Å². The molecule has 0 saturated heterocycles. The first kappa shape index (κ1) is 20.6. The molecule has 14 heteroatoms. The van der Waals surface area contributed by atoms with E-state index in [0.717, 1.165) is 0 Å². The molecule has 0 atom stereocenters. The number of oxime groups is 1. The second-order valence-corrected chi connectivity index (χ2v) is 7.91. The molecule has 2 aromatic carbocycles. The normalized spacial score (nSPS) is 10.8. The third-order valence-corrected chi connectivity index (χ3v) is 5.93. The topological polar surface area (TPSA) is 160 Å². The van der Waals surface area contributed by atoms with Crippen LogP contribution in [0.1, 0.15) is 0 Å². The minimum absolute atomic E-state index is 0.146. The summed E-state index contributed by atoms with van der Waals surface area (Å²) in [4.78, 5) is 0.